The molecule has 0 saturated carbocycles. The number of pyridine rings is 1. The second-order valence-corrected chi connectivity index (χ2v) is 6.42. The summed E-state index contributed by atoms with van der Waals surface area (Å²) in [4.78, 5) is 16.0. The van der Waals surface area contributed by atoms with Crippen molar-refractivity contribution in [3.8, 4) is 0 Å². The molecule has 2 N–H and O–H groups in total. The van der Waals surface area contributed by atoms with Gasteiger partial charge in [0.25, 0.3) is 0 Å². The minimum absolute atomic E-state index is 0.105. The number of aromatic nitrogens is 1. The van der Waals surface area contributed by atoms with Crippen LogP contribution in [0, 0.1) is 0 Å². The molecule has 1 atom stereocenters. The highest BCUT2D eigenvalue weighted by molar-refractivity contribution is 6.07. The largest absolute Gasteiger partial charge is 0.449 e. The maximum atomic E-state index is 12.0. The van der Waals surface area contributed by atoms with Crippen molar-refractivity contribution >= 4 is 28.1 Å². The molecule has 0 spiro atoms. The van der Waals surface area contributed by atoms with E-state index in [1.807, 2.05) is 6.07 Å². The topological polar surface area (TPSA) is 67.2 Å². The standard InChI is InChI=1S/C20H21N3O2/c1-3-22-17-7-4-13-10-14(5-6-15(13)17)23-19-16-8-9-21-11-18(16)25-20(19)12(2)24/h5-6,8-11,17,22-23H,3-4,7H2,1-2H3. The monoisotopic (exact) mass is 335 g/mol. The number of carbonyl (C=O) groups is 1. The first-order valence-electron chi connectivity index (χ1n) is 8.68. The van der Waals surface area contributed by atoms with Gasteiger partial charge < -0.3 is 15.1 Å². The molecule has 25 heavy (non-hydrogen) atoms. The first-order valence-corrected chi connectivity index (χ1v) is 8.68. The Kier molecular flexibility index (Phi) is 4.01. The van der Waals surface area contributed by atoms with E-state index < -0.39 is 0 Å². The summed E-state index contributed by atoms with van der Waals surface area (Å²) < 4.78 is 5.69. The lowest BCUT2D eigenvalue weighted by molar-refractivity contribution is 0.0990. The number of nitrogens with zero attached hydrogens (tertiary/aromatic N) is 1. The Morgan fingerprint density at radius 3 is 3.04 bits per heavy atom. The number of hydrogen-bond acceptors (Lipinski definition) is 5. The Bertz CT molecular complexity index is 945. The minimum atomic E-state index is -0.105. The van der Waals surface area contributed by atoms with E-state index >= 15 is 0 Å². The van der Waals surface area contributed by atoms with Gasteiger partial charge in [-0.15, -0.1) is 0 Å². The molecule has 0 saturated heterocycles. The molecule has 1 unspecified atom stereocenters. The molecule has 0 radical (unpaired) electrons. The lowest BCUT2D eigenvalue weighted by Gasteiger charge is -2.13. The van der Waals surface area contributed by atoms with Gasteiger partial charge in [-0.25, -0.2) is 0 Å². The second kappa shape index (κ2) is 6.33. The van der Waals surface area contributed by atoms with Crippen LogP contribution in [0.5, 0.6) is 0 Å². The van der Waals surface area contributed by atoms with Gasteiger partial charge in [0, 0.05) is 30.2 Å². The van der Waals surface area contributed by atoms with Crippen LogP contribution in [0.2, 0.25) is 0 Å². The van der Waals surface area contributed by atoms with Crippen molar-refractivity contribution in [2.75, 3.05) is 11.9 Å². The van der Waals surface area contributed by atoms with Crippen molar-refractivity contribution in [2.45, 2.75) is 32.7 Å². The first kappa shape index (κ1) is 15.8. The molecular formula is C20H21N3O2. The Morgan fingerprint density at radius 2 is 2.24 bits per heavy atom. The van der Waals surface area contributed by atoms with E-state index in [-0.39, 0.29) is 5.78 Å². The molecule has 1 aromatic carbocycles. The summed E-state index contributed by atoms with van der Waals surface area (Å²) in [5.74, 6) is 0.237. The number of carbonyl (C=O) groups excluding carboxylic acids is 1. The molecule has 5 nitrogen and oxygen atoms in total. The summed E-state index contributed by atoms with van der Waals surface area (Å²) in [6, 6.07) is 8.73. The van der Waals surface area contributed by atoms with Gasteiger partial charge in [-0.1, -0.05) is 13.0 Å². The maximum absolute atomic E-state index is 12.0. The van der Waals surface area contributed by atoms with Crippen LogP contribution in [0.1, 0.15) is 48.0 Å². The molecule has 0 bridgehead atoms. The van der Waals surface area contributed by atoms with E-state index in [9.17, 15) is 4.79 Å². The lowest BCUT2D eigenvalue weighted by atomic mass is 10.1. The number of Topliss-reactive ketones (excluding diaryl/α,β-unsaturated/α-hetero) is 1. The zero-order valence-corrected chi connectivity index (χ0v) is 14.4. The Balaban J connectivity index is 1.71. The molecule has 0 amide bonds. The maximum Gasteiger partial charge on any atom is 0.197 e. The summed E-state index contributed by atoms with van der Waals surface area (Å²) >= 11 is 0. The van der Waals surface area contributed by atoms with E-state index in [1.165, 1.54) is 18.1 Å². The highest BCUT2D eigenvalue weighted by atomic mass is 16.3. The summed E-state index contributed by atoms with van der Waals surface area (Å²) in [7, 11) is 0. The van der Waals surface area contributed by atoms with Gasteiger partial charge in [0.05, 0.1) is 11.9 Å². The van der Waals surface area contributed by atoms with Gasteiger partial charge in [0.2, 0.25) is 0 Å². The van der Waals surface area contributed by atoms with Crippen LogP contribution in [0.15, 0.2) is 41.1 Å². The van der Waals surface area contributed by atoms with Crippen LogP contribution in [0.3, 0.4) is 0 Å². The molecule has 1 aliphatic carbocycles. The van der Waals surface area contributed by atoms with Crippen LogP contribution >= 0.6 is 0 Å². The number of hydrogen-bond donors (Lipinski definition) is 2. The molecule has 2 aromatic heterocycles. The number of furan rings is 1. The highest BCUT2D eigenvalue weighted by Gasteiger charge is 2.23. The first-order chi connectivity index (χ1) is 12.2. The van der Waals surface area contributed by atoms with Crippen molar-refractivity contribution in [3.63, 3.8) is 0 Å². The van der Waals surface area contributed by atoms with E-state index in [4.69, 9.17) is 4.42 Å². The number of benzene rings is 1. The zero-order chi connectivity index (χ0) is 17.4. The number of rotatable bonds is 5. The van der Waals surface area contributed by atoms with Gasteiger partial charge in [-0.3, -0.25) is 9.78 Å². The molecule has 4 rings (SSSR count). The fourth-order valence-corrected chi connectivity index (χ4v) is 3.62. The quantitative estimate of drug-likeness (QED) is 0.678. The van der Waals surface area contributed by atoms with Gasteiger partial charge in [-0.05, 0) is 48.7 Å². The van der Waals surface area contributed by atoms with E-state index in [2.05, 4.69) is 40.7 Å². The number of ketones is 1. The van der Waals surface area contributed by atoms with E-state index in [0.717, 1.165) is 30.5 Å². The molecule has 128 valence electrons. The Labute approximate surface area is 146 Å². The predicted octanol–water partition coefficient (Wildman–Crippen LogP) is 4.37. The van der Waals surface area contributed by atoms with Gasteiger partial charge in [-0.2, -0.15) is 0 Å². The van der Waals surface area contributed by atoms with Crippen molar-refractivity contribution in [1.82, 2.24) is 10.3 Å². The summed E-state index contributed by atoms with van der Waals surface area (Å²) in [5, 5.41) is 7.78. The smallest absolute Gasteiger partial charge is 0.197 e. The third kappa shape index (κ3) is 2.81. The van der Waals surface area contributed by atoms with Crippen LogP contribution in [0.4, 0.5) is 11.4 Å². The van der Waals surface area contributed by atoms with Crippen molar-refractivity contribution in [2.24, 2.45) is 0 Å². The van der Waals surface area contributed by atoms with Gasteiger partial charge >= 0.3 is 0 Å². The van der Waals surface area contributed by atoms with E-state index in [0.29, 0.717) is 23.1 Å². The van der Waals surface area contributed by atoms with E-state index in [1.54, 1.807) is 12.4 Å². The highest BCUT2D eigenvalue weighted by Crippen LogP contribution is 2.36. The van der Waals surface area contributed by atoms with Gasteiger partial charge in [0.15, 0.2) is 17.1 Å². The number of fused-ring (bicyclic) bond motifs is 2. The van der Waals surface area contributed by atoms with Crippen molar-refractivity contribution < 1.29 is 9.21 Å². The third-order valence-electron chi connectivity index (χ3n) is 4.75. The average molecular weight is 335 g/mol. The van der Waals surface area contributed by atoms with Crippen molar-refractivity contribution in [3.05, 3.63) is 53.5 Å². The Hall–Kier alpha value is -2.66. The second-order valence-electron chi connectivity index (χ2n) is 6.42. The zero-order valence-electron chi connectivity index (χ0n) is 14.4. The van der Waals surface area contributed by atoms with Crippen molar-refractivity contribution in [1.29, 1.82) is 0 Å². The summed E-state index contributed by atoms with van der Waals surface area (Å²) in [6.45, 7) is 4.62. The van der Waals surface area contributed by atoms with Gasteiger partial charge in [0.1, 0.15) is 0 Å². The average Bonchev–Trinajstić information content (AvgIpc) is 3.17. The number of anilines is 2. The summed E-state index contributed by atoms with van der Waals surface area (Å²) in [6.07, 6.45) is 5.54. The molecule has 3 aromatic rings. The molecular weight excluding hydrogens is 314 g/mol. The fraction of sp³-hybridized carbons (Fsp3) is 0.300. The fourth-order valence-electron chi connectivity index (χ4n) is 3.62. The number of aryl methyl sites for hydroxylation is 1. The molecule has 2 heterocycles. The third-order valence-corrected chi connectivity index (χ3v) is 4.75. The number of nitrogens with one attached hydrogen (secondary N) is 2. The molecule has 5 heteroatoms. The summed E-state index contributed by atoms with van der Waals surface area (Å²) in [5.41, 5.74) is 5.03. The SMILES string of the molecule is CCNC1CCc2cc(Nc3c(C(C)=O)oc4cnccc34)ccc21. The minimum Gasteiger partial charge on any atom is -0.449 e. The van der Waals surface area contributed by atoms with Crippen LogP contribution in [0.25, 0.3) is 11.0 Å². The molecule has 0 aliphatic heterocycles. The lowest BCUT2D eigenvalue weighted by Crippen LogP contribution is -2.18. The molecule has 0 fully saturated rings. The van der Waals surface area contributed by atoms with Crippen LogP contribution < -0.4 is 10.6 Å². The van der Waals surface area contributed by atoms with Crippen LogP contribution in [-0.2, 0) is 6.42 Å². The molecule has 1 aliphatic rings. The predicted molar refractivity (Wildman–Crippen MR) is 98.5 cm³/mol. The normalized spacial score (nSPS) is 16.2. The Morgan fingerprint density at radius 1 is 1.36 bits per heavy atom. The van der Waals surface area contributed by atoms with Crippen LogP contribution in [-0.4, -0.2) is 17.3 Å².